The van der Waals surface area contributed by atoms with Gasteiger partial charge in [0.15, 0.2) is 6.61 Å². The molecule has 110 valence electrons. The number of ether oxygens (including phenoxy) is 4. The van der Waals surface area contributed by atoms with Crippen LogP contribution in [0.2, 0.25) is 0 Å². The Morgan fingerprint density at radius 2 is 2.00 bits per heavy atom. The molecule has 19 heavy (non-hydrogen) atoms. The van der Waals surface area contributed by atoms with Gasteiger partial charge in [0.1, 0.15) is 0 Å². The summed E-state index contributed by atoms with van der Waals surface area (Å²) < 4.78 is 18.1. The quantitative estimate of drug-likeness (QED) is 0.383. The zero-order chi connectivity index (χ0) is 14.7. The third kappa shape index (κ3) is 9.00. The lowest BCUT2D eigenvalue weighted by Crippen LogP contribution is -2.20. The van der Waals surface area contributed by atoms with E-state index in [9.17, 15) is 9.59 Å². The van der Waals surface area contributed by atoms with Crippen molar-refractivity contribution in [1.29, 1.82) is 0 Å². The highest BCUT2D eigenvalue weighted by atomic mass is 16.8. The topological polar surface area (TPSA) is 112 Å². The smallest absolute Gasteiger partial charge is 0.426 e. The molecule has 1 aliphatic rings. The van der Waals surface area contributed by atoms with Gasteiger partial charge < -0.3 is 29.2 Å². The average molecular weight is 278 g/mol. The molecular weight excluding hydrogens is 260 g/mol. The minimum Gasteiger partial charge on any atom is -0.426 e. The van der Waals surface area contributed by atoms with E-state index in [1.807, 2.05) is 0 Å². The second kappa shape index (κ2) is 10.3. The number of carbonyl (C=O) groups excluding carboxylic acids is 2. The molecule has 0 aromatic carbocycles. The largest absolute Gasteiger partial charge is 0.511 e. The van der Waals surface area contributed by atoms with Crippen LogP contribution in [-0.4, -0.2) is 61.7 Å². The number of hydrogen-bond donors (Lipinski definition) is 2. The Hall–Kier alpha value is -1.64. The third-order valence-electron chi connectivity index (χ3n) is 1.62. The third-order valence-corrected chi connectivity index (χ3v) is 1.62. The molecule has 1 saturated heterocycles. The van der Waals surface area contributed by atoms with Crippen molar-refractivity contribution in [3.63, 3.8) is 0 Å². The second-order valence-corrected chi connectivity index (χ2v) is 3.35. The Kier molecular flexibility index (Phi) is 9.41. The monoisotopic (exact) mass is 278 g/mol. The van der Waals surface area contributed by atoms with Crippen molar-refractivity contribution >= 4 is 12.1 Å². The van der Waals surface area contributed by atoms with E-state index < -0.39 is 18.4 Å². The van der Waals surface area contributed by atoms with Gasteiger partial charge in [-0.05, 0) is 6.92 Å². The number of aliphatic hydroxyl groups is 2. The van der Waals surface area contributed by atoms with Gasteiger partial charge in [-0.25, -0.2) is 9.59 Å². The molecule has 1 aliphatic heterocycles. The number of cyclic esters (lactones) is 2. The molecule has 0 radical (unpaired) electrons. The molecule has 1 rings (SSSR count). The molecule has 8 heteroatoms. The second-order valence-electron chi connectivity index (χ2n) is 3.35. The maximum absolute atomic E-state index is 10.8. The van der Waals surface area contributed by atoms with Gasteiger partial charge in [0.2, 0.25) is 0 Å². The Balaban J connectivity index is 0.000000399. The highest BCUT2D eigenvalue weighted by molar-refractivity contribution is 5.87. The SMILES string of the molecule is C=C(C)C(=O)OC1COC(=O)O1.OCCOCCO. The van der Waals surface area contributed by atoms with E-state index in [-0.39, 0.29) is 25.4 Å². The lowest BCUT2D eigenvalue weighted by molar-refractivity contribution is -0.157. The summed E-state index contributed by atoms with van der Waals surface area (Å²) in [5, 5.41) is 16.2. The lowest BCUT2D eigenvalue weighted by atomic mass is 10.4. The fraction of sp³-hybridized carbons (Fsp3) is 0.636. The predicted molar refractivity (Wildman–Crippen MR) is 62.1 cm³/mol. The van der Waals surface area contributed by atoms with Gasteiger partial charge in [0.05, 0.1) is 26.4 Å². The predicted octanol–water partition coefficient (Wildman–Crippen LogP) is -0.414. The van der Waals surface area contributed by atoms with Crippen LogP contribution in [0.5, 0.6) is 0 Å². The molecule has 1 unspecified atom stereocenters. The molecule has 1 heterocycles. The average Bonchev–Trinajstić information content (AvgIpc) is 2.76. The Bertz CT molecular complexity index is 297. The van der Waals surface area contributed by atoms with Crippen molar-refractivity contribution < 1.29 is 38.7 Å². The van der Waals surface area contributed by atoms with Crippen molar-refractivity contribution in [3.8, 4) is 0 Å². The van der Waals surface area contributed by atoms with E-state index in [1.54, 1.807) is 0 Å². The summed E-state index contributed by atoms with van der Waals surface area (Å²) in [5.41, 5.74) is 0.248. The van der Waals surface area contributed by atoms with E-state index in [1.165, 1.54) is 6.92 Å². The number of esters is 1. The number of carbonyl (C=O) groups is 2. The molecule has 8 nitrogen and oxygen atoms in total. The summed E-state index contributed by atoms with van der Waals surface area (Å²) in [4.78, 5) is 21.2. The summed E-state index contributed by atoms with van der Waals surface area (Å²) in [7, 11) is 0. The van der Waals surface area contributed by atoms with Crippen LogP contribution in [-0.2, 0) is 23.7 Å². The van der Waals surface area contributed by atoms with Crippen LogP contribution in [0, 0.1) is 0 Å². The zero-order valence-electron chi connectivity index (χ0n) is 10.7. The van der Waals surface area contributed by atoms with Gasteiger partial charge in [0, 0.05) is 5.57 Å². The normalized spacial score (nSPS) is 16.8. The number of rotatable bonds is 6. The van der Waals surface area contributed by atoms with Crippen LogP contribution in [0.3, 0.4) is 0 Å². The van der Waals surface area contributed by atoms with Gasteiger partial charge in [0.25, 0.3) is 6.29 Å². The first-order valence-electron chi connectivity index (χ1n) is 5.50. The molecular formula is C11H18O8. The van der Waals surface area contributed by atoms with Gasteiger partial charge in [-0.2, -0.15) is 0 Å². The van der Waals surface area contributed by atoms with Crippen LogP contribution in [0.1, 0.15) is 6.92 Å². The van der Waals surface area contributed by atoms with Gasteiger partial charge in [-0.3, -0.25) is 0 Å². The first-order valence-corrected chi connectivity index (χ1v) is 5.50. The molecule has 0 saturated carbocycles. The fourth-order valence-corrected chi connectivity index (χ4v) is 0.821. The number of aliphatic hydroxyl groups excluding tert-OH is 2. The Labute approximate surface area is 110 Å². The Morgan fingerprint density at radius 1 is 1.42 bits per heavy atom. The van der Waals surface area contributed by atoms with Crippen LogP contribution < -0.4 is 0 Å². The maximum atomic E-state index is 10.8. The zero-order valence-corrected chi connectivity index (χ0v) is 10.7. The summed E-state index contributed by atoms with van der Waals surface area (Å²) in [6, 6.07) is 0. The Morgan fingerprint density at radius 3 is 2.37 bits per heavy atom. The first-order chi connectivity index (χ1) is 9.01. The molecule has 1 atom stereocenters. The fourth-order valence-electron chi connectivity index (χ4n) is 0.821. The maximum Gasteiger partial charge on any atom is 0.511 e. The van der Waals surface area contributed by atoms with E-state index in [0.29, 0.717) is 13.2 Å². The van der Waals surface area contributed by atoms with Crippen LogP contribution in [0.4, 0.5) is 4.79 Å². The van der Waals surface area contributed by atoms with Crippen molar-refractivity contribution in [2.75, 3.05) is 33.0 Å². The minimum absolute atomic E-state index is 0.0278. The lowest BCUT2D eigenvalue weighted by Gasteiger charge is -2.06. The van der Waals surface area contributed by atoms with Crippen molar-refractivity contribution in [3.05, 3.63) is 12.2 Å². The summed E-state index contributed by atoms with van der Waals surface area (Å²) in [6.45, 7) is 5.50. The van der Waals surface area contributed by atoms with Gasteiger partial charge in [-0.15, -0.1) is 0 Å². The highest BCUT2D eigenvalue weighted by Crippen LogP contribution is 2.08. The molecule has 0 aromatic rings. The van der Waals surface area contributed by atoms with Crippen molar-refractivity contribution in [2.45, 2.75) is 13.2 Å². The molecule has 0 spiro atoms. The van der Waals surface area contributed by atoms with E-state index in [2.05, 4.69) is 25.5 Å². The number of hydrogen-bond acceptors (Lipinski definition) is 8. The van der Waals surface area contributed by atoms with E-state index >= 15 is 0 Å². The van der Waals surface area contributed by atoms with Crippen LogP contribution in [0.15, 0.2) is 12.2 Å². The van der Waals surface area contributed by atoms with Gasteiger partial charge >= 0.3 is 12.1 Å². The highest BCUT2D eigenvalue weighted by Gasteiger charge is 2.28. The van der Waals surface area contributed by atoms with Gasteiger partial charge in [-0.1, -0.05) is 6.58 Å². The van der Waals surface area contributed by atoms with Crippen LogP contribution >= 0.6 is 0 Å². The molecule has 2 N–H and O–H groups in total. The minimum atomic E-state index is -0.929. The van der Waals surface area contributed by atoms with E-state index in [4.69, 9.17) is 10.2 Å². The summed E-state index contributed by atoms with van der Waals surface area (Å²) in [6.07, 6.45) is -1.75. The molecule has 1 fully saturated rings. The summed E-state index contributed by atoms with van der Waals surface area (Å²) >= 11 is 0. The van der Waals surface area contributed by atoms with E-state index in [0.717, 1.165) is 0 Å². The standard InChI is InChI=1S/C7H8O5.C4H10O3/c1-4(2)6(8)11-5-3-10-7(9)12-5;5-1-3-7-4-2-6/h5H,1,3H2,2H3;5-6H,1-4H2. The van der Waals surface area contributed by atoms with Crippen molar-refractivity contribution in [1.82, 2.24) is 0 Å². The molecule has 0 aromatic heterocycles. The summed E-state index contributed by atoms with van der Waals surface area (Å²) in [5.74, 6) is -0.599. The molecule has 0 aliphatic carbocycles. The van der Waals surface area contributed by atoms with Crippen molar-refractivity contribution in [2.24, 2.45) is 0 Å². The first kappa shape index (κ1) is 17.4. The molecule has 0 amide bonds. The van der Waals surface area contributed by atoms with Crippen LogP contribution in [0.25, 0.3) is 0 Å². The molecule has 0 bridgehead atoms.